The number of amides is 1. The molecular formula is C21H25N3O6S2. The molecule has 2 aliphatic heterocycles. The quantitative estimate of drug-likeness (QED) is 0.622. The number of rotatable bonds is 6. The third kappa shape index (κ3) is 4.25. The number of hydrogen-bond acceptors (Lipinski definition) is 6. The van der Waals surface area contributed by atoms with Gasteiger partial charge in [0, 0.05) is 44.8 Å². The van der Waals surface area contributed by atoms with E-state index >= 15 is 0 Å². The summed E-state index contributed by atoms with van der Waals surface area (Å²) in [7, 11) is -5.99. The van der Waals surface area contributed by atoms with Gasteiger partial charge in [0.1, 0.15) is 5.75 Å². The third-order valence-electron chi connectivity index (χ3n) is 5.75. The number of carbonyl (C=O) groups is 1. The summed E-state index contributed by atoms with van der Waals surface area (Å²) < 4.78 is 59.5. The molecule has 2 aromatic carbocycles. The zero-order valence-electron chi connectivity index (χ0n) is 17.7. The molecule has 0 unspecified atom stereocenters. The van der Waals surface area contributed by atoms with Crippen LogP contribution < -0.4 is 9.64 Å². The van der Waals surface area contributed by atoms with Crippen molar-refractivity contribution < 1.29 is 26.4 Å². The molecular weight excluding hydrogens is 454 g/mol. The molecule has 2 saturated heterocycles. The number of ether oxygens (including phenoxy) is 1. The van der Waals surface area contributed by atoms with Crippen molar-refractivity contribution in [1.29, 1.82) is 0 Å². The maximum absolute atomic E-state index is 13.0. The molecule has 0 bridgehead atoms. The van der Waals surface area contributed by atoms with Gasteiger partial charge < -0.3 is 9.64 Å². The van der Waals surface area contributed by atoms with E-state index in [1.54, 1.807) is 29.2 Å². The molecule has 0 saturated carbocycles. The maximum Gasteiger partial charge on any atom is 0.243 e. The van der Waals surface area contributed by atoms with Gasteiger partial charge >= 0.3 is 0 Å². The average Bonchev–Trinajstić information content (AvgIpc) is 3.25. The molecule has 2 heterocycles. The van der Waals surface area contributed by atoms with E-state index in [0.717, 1.165) is 6.42 Å². The van der Waals surface area contributed by atoms with Crippen LogP contribution in [0.15, 0.2) is 58.3 Å². The molecule has 0 aromatic heterocycles. The summed E-state index contributed by atoms with van der Waals surface area (Å²) in [5, 5.41) is 0. The van der Waals surface area contributed by atoms with Crippen LogP contribution in [0, 0.1) is 0 Å². The van der Waals surface area contributed by atoms with Gasteiger partial charge in [-0.2, -0.15) is 8.61 Å². The third-order valence-corrected chi connectivity index (χ3v) is 9.58. The molecule has 4 rings (SSSR count). The molecule has 0 aliphatic carbocycles. The molecule has 0 atom stereocenters. The van der Waals surface area contributed by atoms with Crippen molar-refractivity contribution in [3.8, 4) is 5.75 Å². The van der Waals surface area contributed by atoms with Crippen molar-refractivity contribution in [2.24, 2.45) is 0 Å². The molecule has 9 nitrogen and oxygen atoms in total. The number of sulfonamides is 2. The number of benzene rings is 2. The first-order valence-corrected chi connectivity index (χ1v) is 13.2. The molecule has 172 valence electrons. The second-order valence-electron chi connectivity index (χ2n) is 7.63. The van der Waals surface area contributed by atoms with E-state index in [9.17, 15) is 21.6 Å². The summed E-state index contributed by atoms with van der Waals surface area (Å²) in [5.41, 5.74) is 0.682. The molecule has 0 spiro atoms. The number of hydrogen-bond donors (Lipinski definition) is 0. The van der Waals surface area contributed by atoms with Gasteiger partial charge in [0.25, 0.3) is 0 Å². The maximum atomic E-state index is 13.0. The van der Waals surface area contributed by atoms with Crippen LogP contribution >= 0.6 is 0 Å². The number of methoxy groups -OCH3 is 1. The van der Waals surface area contributed by atoms with Crippen molar-refractivity contribution in [1.82, 2.24) is 8.61 Å². The molecule has 32 heavy (non-hydrogen) atoms. The smallest absolute Gasteiger partial charge is 0.243 e. The van der Waals surface area contributed by atoms with Crippen LogP contribution in [-0.2, 0) is 24.8 Å². The lowest BCUT2D eigenvalue weighted by Crippen LogP contribution is -2.50. The van der Waals surface area contributed by atoms with Gasteiger partial charge in [-0.25, -0.2) is 16.8 Å². The van der Waals surface area contributed by atoms with E-state index in [2.05, 4.69) is 0 Å². The Bertz CT molecular complexity index is 1190. The lowest BCUT2D eigenvalue weighted by Gasteiger charge is -2.33. The Labute approximate surface area is 188 Å². The minimum absolute atomic E-state index is 0.0369. The molecule has 0 N–H and O–H groups in total. The van der Waals surface area contributed by atoms with Crippen LogP contribution in [0.1, 0.15) is 12.8 Å². The number of carbonyl (C=O) groups excluding carboxylic acids is 1. The topological polar surface area (TPSA) is 104 Å². The second-order valence-corrected chi connectivity index (χ2v) is 11.5. The van der Waals surface area contributed by atoms with Gasteiger partial charge in [0.05, 0.1) is 16.9 Å². The van der Waals surface area contributed by atoms with E-state index in [-0.39, 0.29) is 41.9 Å². The van der Waals surface area contributed by atoms with Gasteiger partial charge in [0.15, 0.2) is 0 Å². The fraction of sp³-hybridized carbons (Fsp3) is 0.381. The SMILES string of the molecule is COc1ccc(S(=O)(=O)N2CCN(S(=O)(=O)c3ccc(N4CCCC4=O)cc3)CC2)cc1. The van der Waals surface area contributed by atoms with Crippen LogP contribution in [0.4, 0.5) is 5.69 Å². The molecule has 11 heteroatoms. The summed E-state index contributed by atoms with van der Waals surface area (Å²) in [4.78, 5) is 13.8. The molecule has 2 aromatic rings. The zero-order chi connectivity index (χ0) is 22.9. The standard InChI is InChI=1S/C21H25N3O6S2/c1-30-18-6-10-20(11-7-18)32(28,29)23-15-13-22(14-16-23)31(26,27)19-8-4-17(5-9-19)24-12-2-3-21(24)25/h4-11H,2-3,12-16H2,1H3. The van der Waals surface area contributed by atoms with Gasteiger partial charge in [-0.05, 0) is 55.0 Å². The highest BCUT2D eigenvalue weighted by atomic mass is 32.2. The lowest BCUT2D eigenvalue weighted by molar-refractivity contribution is -0.117. The predicted molar refractivity (Wildman–Crippen MR) is 119 cm³/mol. The Kier molecular flexibility index (Phi) is 6.26. The predicted octanol–water partition coefficient (Wildman–Crippen LogP) is 1.52. The highest BCUT2D eigenvalue weighted by Crippen LogP contribution is 2.26. The Morgan fingerprint density at radius 3 is 1.59 bits per heavy atom. The molecule has 2 aliphatic rings. The van der Waals surface area contributed by atoms with E-state index in [4.69, 9.17) is 4.74 Å². The van der Waals surface area contributed by atoms with Crippen molar-refractivity contribution in [3.05, 3.63) is 48.5 Å². The van der Waals surface area contributed by atoms with Gasteiger partial charge in [-0.3, -0.25) is 4.79 Å². The van der Waals surface area contributed by atoms with Crippen LogP contribution in [0.25, 0.3) is 0 Å². The van der Waals surface area contributed by atoms with Gasteiger partial charge in [0.2, 0.25) is 26.0 Å². The fourth-order valence-electron chi connectivity index (χ4n) is 3.92. The Morgan fingerprint density at radius 1 is 0.719 bits per heavy atom. The van der Waals surface area contributed by atoms with Crippen LogP contribution in [0.2, 0.25) is 0 Å². The van der Waals surface area contributed by atoms with E-state index in [1.807, 2.05) is 0 Å². The number of piperazine rings is 1. The van der Waals surface area contributed by atoms with E-state index in [1.165, 1.54) is 40.0 Å². The Balaban J connectivity index is 1.44. The van der Waals surface area contributed by atoms with Crippen LogP contribution in [0.3, 0.4) is 0 Å². The second kappa shape index (κ2) is 8.81. The summed E-state index contributed by atoms with van der Waals surface area (Å²) in [5.74, 6) is 0.592. The minimum Gasteiger partial charge on any atom is -0.497 e. The first-order valence-electron chi connectivity index (χ1n) is 10.3. The van der Waals surface area contributed by atoms with E-state index < -0.39 is 20.0 Å². The first kappa shape index (κ1) is 22.7. The van der Waals surface area contributed by atoms with E-state index in [0.29, 0.717) is 24.4 Å². The summed E-state index contributed by atoms with van der Waals surface area (Å²) in [6.07, 6.45) is 1.30. The van der Waals surface area contributed by atoms with Crippen molar-refractivity contribution >= 4 is 31.6 Å². The first-order chi connectivity index (χ1) is 15.2. The summed E-state index contributed by atoms with van der Waals surface area (Å²) >= 11 is 0. The lowest BCUT2D eigenvalue weighted by atomic mass is 10.3. The molecule has 0 radical (unpaired) electrons. The summed E-state index contributed by atoms with van der Waals surface area (Å²) in [6, 6.07) is 12.4. The normalized spacial score (nSPS) is 18.8. The largest absolute Gasteiger partial charge is 0.497 e. The number of nitrogens with zero attached hydrogens (tertiary/aromatic N) is 3. The van der Waals surface area contributed by atoms with Crippen LogP contribution in [0.5, 0.6) is 5.75 Å². The highest BCUT2D eigenvalue weighted by Gasteiger charge is 2.34. The average molecular weight is 480 g/mol. The monoisotopic (exact) mass is 479 g/mol. The molecule has 2 fully saturated rings. The Hall–Kier alpha value is -2.47. The fourth-order valence-corrected chi connectivity index (χ4v) is 6.76. The van der Waals surface area contributed by atoms with Gasteiger partial charge in [-0.1, -0.05) is 0 Å². The minimum atomic E-state index is -3.77. The summed E-state index contributed by atoms with van der Waals surface area (Å²) in [6.45, 7) is 0.881. The van der Waals surface area contributed by atoms with Crippen LogP contribution in [-0.4, -0.2) is 71.2 Å². The van der Waals surface area contributed by atoms with Crippen molar-refractivity contribution in [3.63, 3.8) is 0 Å². The highest BCUT2D eigenvalue weighted by molar-refractivity contribution is 7.89. The van der Waals surface area contributed by atoms with Crippen molar-refractivity contribution in [2.45, 2.75) is 22.6 Å². The Morgan fingerprint density at radius 2 is 1.19 bits per heavy atom. The number of anilines is 1. The molecule has 1 amide bonds. The van der Waals surface area contributed by atoms with Crippen molar-refractivity contribution in [2.75, 3.05) is 44.7 Å². The van der Waals surface area contributed by atoms with Gasteiger partial charge in [-0.15, -0.1) is 0 Å². The zero-order valence-corrected chi connectivity index (χ0v) is 19.3.